The molecule has 1 fully saturated rings. The number of piperidine rings is 1. The molecular formula is C28H38N4O2S. The molecule has 2 aliphatic heterocycles. The number of amides is 1. The Labute approximate surface area is 213 Å². The second kappa shape index (κ2) is 11.5. The van der Waals surface area contributed by atoms with E-state index >= 15 is 0 Å². The molecule has 0 bridgehead atoms. The van der Waals surface area contributed by atoms with Gasteiger partial charge >= 0.3 is 0 Å². The van der Waals surface area contributed by atoms with Crippen LogP contribution in [0.4, 0.5) is 5.69 Å². The van der Waals surface area contributed by atoms with Crippen molar-refractivity contribution in [1.29, 1.82) is 5.41 Å². The minimum absolute atomic E-state index is 0.0134. The summed E-state index contributed by atoms with van der Waals surface area (Å²) in [4.78, 5) is 19.4. The Morgan fingerprint density at radius 3 is 2.54 bits per heavy atom. The summed E-state index contributed by atoms with van der Waals surface area (Å²) in [5.41, 5.74) is 8.16. The summed E-state index contributed by atoms with van der Waals surface area (Å²) >= 11 is 1.56. The first-order chi connectivity index (χ1) is 16.9. The van der Waals surface area contributed by atoms with E-state index in [-0.39, 0.29) is 17.0 Å². The average Bonchev–Trinajstić information content (AvgIpc) is 2.86. The number of rotatable bonds is 9. The number of unbranched alkanes of at least 4 members (excludes halogenated alkanes) is 2. The van der Waals surface area contributed by atoms with Crippen LogP contribution in [0.3, 0.4) is 0 Å². The number of hydrogen-bond acceptors (Lipinski definition) is 5. The van der Waals surface area contributed by atoms with Gasteiger partial charge in [-0.15, -0.1) is 11.8 Å². The Morgan fingerprint density at radius 2 is 1.83 bits per heavy atom. The van der Waals surface area contributed by atoms with Gasteiger partial charge in [-0.3, -0.25) is 15.1 Å². The maximum Gasteiger partial charge on any atom is 0.245 e. The molecule has 3 atom stereocenters. The van der Waals surface area contributed by atoms with Crippen molar-refractivity contribution in [2.75, 3.05) is 25.1 Å². The largest absolute Gasteiger partial charge is 0.497 e. The molecule has 1 unspecified atom stereocenters. The Hall–Kier alpha value is -2.51. The summed E-state index contributed by atoms with van der Waals surface area (Å²) in [5, 5.41) is 7.43. The van der Waals surface area contributed by atoms with Crippen LogP contribution in [-0.2, 0) is 4.79 Å². The fourth-order valence-corrected chi connectivity index (χ4v) is 6.54. The van der Waals surface area contributed by atoms with Crippen molar-refractivity contribution < 1.29 is 9.53 Å². The van der Waals surface area contributed by atoms with Crippen molar-refractivity contribution in [3.05, 3.63) is 53.6 Å². The molecule has 35 heavy (non-hydrogen) atoms. The molecule has 188 valence electrons. The molecule has 2 aromatic carbocycles. The van der Waals surface area contributed by atoms with Gasteiger partial charge in [0, 0.05) is 35.2 Å². The molecule has 0 aromatic heterocycles. The molecule has 6 nitrogen and oxygen atoms in total. The molecule has 3 N–H and O–H groups in total. The molecular weight excluding hydrogens is 456 g/mol. The van der Waals surface area contributed by atoms with Gasteiger partial charge in [0.25, 0.3) is 0 Å². The van der Waals surface area contributed by atoms with Crippen molar-refractivity contribution in [3.63, 3.8) is 0 Å². The van der Waals surface area contributed by atoms with Crippen LogP contribution in [-0.4, -0.2) is 48.9 Å². The Bertz CT molecular complexity index is 1050. The lowest BCUT2D eigenvalue weighted by Gasteiger charge is -2.39. The van der Waals surface area contributed by atoms with E-state index in [1.165, 1.54) is 19.3 Å². The average molecular weight is 495 g/mol. The molecule has 1 saturated heterocycles. The first kappa shape index (κ1) is 25.6. The number of ether oxygens (including phenoxy) is 1. The van der Waals surface area contributed by atoms with Crippen LogP contribution in [0.25, 0.3) is 0 Å². The van der Waals surface area contributed by atoms with Crippen LogP contribution in [0.15, 0.2) is 47.4 Å². The van der Waals surface area contributed by atoms with Crippen molar-refractivity contribution >= 4 is 29.2 Å². The lowest BCUT2D eigenvalue weighted by molar-refractivity contribution is -0.118. The zero-order valence-electron chi connectivity index (χ0n) is 21.1. The van der Waals surface area contributed by atoms with E-state index in [9.17, 15) is 4.79 Å². The molecule has 2 aromatic rings. The zero-order valence-corrected chi connectivity index (χ0v) is 21.9. The van der Waals surface area contributed by atoms with E-state index in [1.54, 1.807) is 18.9 Å². The summed E-state index contributed by atoms with van der Waals surface area (Å²) in [5.74, 6) is 0.849. The number of thioether (sulfide) groups is 1. The third kappa shape index (κ3) is 5.84. The van der Waals surface area contributed by atoms with Gasteiger partial charge in [0.1, 0.15) is 16.8 Å². The number of amidine groups is 1. The van der Waals surface area contributed by atoms with Gasteiger partial charge in [0.15, 0.2) is 0 Å². The molecule has 2 aliphatic rings. The highest BCUT2D eigenvalue weighted by Crippen LogP contribution is 2.47. The van der Waals surface area contributed by atoms with E-state index in [0.29, 0.717) is 24.2 Å². The summed E-state index contributed by atoms with van der Waals surface area (Å²) in [7, 11) is 1.66. The highest BCUT2D eigenvalue weighted by Gasteiger charge is 2.35. The first-order valence-electron chi connectivity index (χ1n) is 12.7. The summed E-state index contributed by atoms with van der Waals surface area (Å²) in [6, 6.07) is 14.8. The fourth-order valence-electron chi connectivity index (χ4n) is 5.34. The van der Waals surface area contributed by atoms with E-state index in [4.69, 9.17) is 15.9 Å². The van der Waals surface area contributed by atoms with Crippen LogP contribution in [0.2, 0.25) is 0 Å². The van der Waals surface area contributed by atoms with Crippen molar-refractivity contribution in [2.24, 2.45) is 5.73 Å². The number of nitrogen functional groups attached to an aromatic ring is 1. The molecule has 4 rings (SSSR count). The van der Waals surface area contributed by atoms with E-state index in [0.717, 1.165) is 47.7 Å². The maximum atomic E-state index is 13.7. The highest BCUT2D eigenvalue weighted by molar-refractivity contribution is 8.00. The number of carbonyl (C=O) groups excluding carboxylic acids is 1. The summed E-state index contributed by atoms with van der Waals surface area (Å²) in [6.07, 6.45) is 7.15. The molecule has 7 heteroatoms. The van der Waals surface area contributed by atoms with E-state index in [1.807, 2.05) is 47.4 Å². The molecule has 0 radical (unpaired) electrons. The zero-order chi connectivity index (χ0) is 24.9. The van der Waals surface area contributed by atoms with E-state index < -0.39 is 0 Å². The quantitative estimate of drug-likeness (QED) is 0.270. The van der Waals surface area contributed by atoms with Crippen molar-refractivity contribution in [2.45, 2.75) is 74.6 Å². The van der Waals surface area contributed by atoms with Gasteiger partial charge in [-0.1, -0.05) is 31.0 Å². The Kier molecular flexibility index (Phi) is 8.39. The molecule has 1 amide bonds. The predicted molar refractivity (Wildman–Crippen MR) is 145 cm³/mol. The van der Waals surface area contributed by atoms with E-state index in [2.05, 4.69) is 18.7 Å². The predicted octanol–water partition coefficient (Wildman–Crippen LogP) is 5.59. The number of benzene rings is 2. The van der Waals surface area contributed by atoms with Gasteiger partial charge in [0.2, 0.25) is 5.91 Å². The topological polar surface area (TPSA) is 82.7 Å². The van der Waals surface area contributed by atoms with Gasteiger partial charge in [-0.2, -0.15) is 0 Å². The first-order valence-corrected chi connectivity index (χ1v) is 13.6. The molecule has 0 aliphatic carbocycles. The number of hydrogen-bond donors (Lipinski definition) is 2. The second-order valence-corrected chi connectivity index (χ2v) is 10.9. The Morgan fingerprint density at radius 1 is 1.09 bits per heavy atom. The van der Waals surface area contributed by atoms with Crippen LogP contribution >= 0.6 is 11.8 Å². The number of anilines is 1. The molecule has 0 spiro atoms. The maximum absolute atomic E-state index is 13.7. The van der Waals surface area contributed by atoms with Crippen molar-refractivity contribution in [3.8, 4) is 5.75 Å². The van der Waals surface area contributed by atoms with Crippen LogP contribution in [0, 0.1) is 5.41 Å². The van der Waals surface area contributed by atoms with Crippen LogP contribution in [0.1, 0.15) is 68.7 Å². The van der Waals surface area contributed by atoms with Crippen LogP contribution in [0.5, 0.6) is 5.75 Å². The number of nitrogens with one attached hydrogen (secondary N) is 1. The fraction of sp³-hybridized carbons (Fsp3) is 0.500. The number of likely N-dealkylation sites (tertiary alicyclic amines) is 1. The highest BCUT2D eigenvalue weighted by atomic mass is 32.2. The van der Waals surface area contributed by atoms with Gasteiger partial charge < -0.3 is 15.4 Å². The van der Waals surface area contributed by atoms with Gasteiger partial charge in [-0.05, 0) is 69.8 Å². The molecule has 0 saturated carbocycles. The third-order valence-electron chi connectivity index (χ3n) is 7.37. The minimum Gasteiger partial charge on any atom is -0.497 e. The Balaban J connectivity index is 1.47. The second-order valence-electron chi connectivity index (χ2n) is 9.79. The number of carbonyl (C=O) groups is 1. The van der Waals surface area contributed by atoms with Crippen molar-refractivity contribution in [1.82, 2.24) is 4.90 Å². The SMILES string of the molecule is COc1ccc2c(c1)N(CCCCCN1[C@H](C)CCC[C@@H]1C)C(=O)C(c1cccc(C(=N)N)c1)S2. The number of nitrogens with two attached hydrogens (primary N) is 1. The monoisotopic (exact) mass is 494 g/mol. The lowest BCUT2D eigenvalue weighted by Crippen LogP contribution is -2.44. The summed E-state index contributed by atoms with van der Waals surface area (Å²) in [6.45, 7) is 6.53. The van der Waals surface area contributed by atoms with Gasteiger partial charge in [-0.25, -0.2) is 0 Å². The third-order valence-corrected chi connectivity index (χ3v) is 8.68. The minimum atomic E-state index is -0.356. The normalized spacial score (nSPS) is 22.7. The number of fused-ring (bicyclic) bond motifs is 1. The lowest BCUT2D eigenvalue weighted by atomic mass is 9.97. The molecule has 2 heterocycles. The van der Waals surface area contributed by atoms with Crippen LogP contribution < -0.4 is 15.4 Å². The van der Waals surface area contributed by atoms with Gasteiger partial charge in [0.05, 0.1) is 12.8 Å². The smallest absolute Gasteiger partial charge is 0.245 e. The standard InChI is InChI=1S/C28H38N4O2S/c1-19-9-7-10-20(2)31(19)15-5-4-6-16-32-24-18-23(34-3)13-14-25(24)35-26(28(32)33)21-11-8-12-22(17-21)27(29)30/h8,11-14,17-20,26H,4-7,9-10,15-16H2,1-3H3,(H3,29,30)/t19-,20+,26?. The number of methoxy groups -OCH3 is 1. The number of nitrogens with zero attached hydrogens (tertiary/aromatic N) is 2. The summed E-state index contributed by atoms with van der Waals surface area (Å²) < 4.78 is 5.46.